The first kappa shape index (κ1) is 15.6. The molecule has 0 saturated carbocycles. The Morgan fingerprint density at radius 3 is 3.04 bits per heavy atom. The van der Waals surface area contributed by atoms with Gasteiger partial charge >= 0.3 is 0 Å². The zero-order chi connectivity index (χ0) is 16.5. The Hall–Kier alpha value is -1.92. The molecule has 0 bridgehead atoms. The number of rotatable bonds is 5. The SMILES string of the molecule is COc1ccccc1C(=O)CSc1ncnc2sc3c(c12)CCC3. The van der Waals surface area contributed by atoms with Gasteiger partial charge in [-0.1, -0.05) is 23.9 Å². The Morgan fingerprint density at radius 1 is 1.29 bits per heavy atom. The van der Waals surface area contributed by atoms with Crippen molar-refractivity contribution in [2.24, 2.45) is 0 Å². The zero-order valence-corrected chi connectivity index (χ0v) is 14.9. The lowest BCUT2D eigenvalue weighted by atomic mass is 10.1. The van der Waals surface area contributed by atoms with Crippen LogP contribution in [0.3, 0.4) is 0 Å². The summed E-state index contributed by atoms with van der Waals surface area (Å²) in [5, 5.41) is 2.08. The van der Waals surface area contributed by atoms with E-state index in [4.69, 9.17) is 4.74 Å². The van der Waals surface area contributed by atoms with Gasteiger partial charge in [0.25, 0.3) is 0 Å². The molecule has 122 valence electrons. The van der Waals surface area contributed by atoms with Crippen molar-refractivity contribution in [2.45, 2.75) is 24.3 Å². The lowest BCUT2D eigenvalue weighted by Crippen LogP contribution is -2.05. The van der Waals surface area contributed by atoms with Gasteiger partial charge in [-0.2, -0.15) is 0 Å². The van der Waals surface area contributed by atoms with E-state index < -0.39 is 0 Å². The molecular weight excluding hydrogens is 340 g/mol. The van der Waals surface area contributed by atoms with Gasteiger partial charge in [0.2, 0.25) is 0 Å². The number of para-hydroxylation sites is 1. The van der Waals surface area contributed by atoms with Crippen LogP contribution in [-0.4, -0.2) is 28.6 Å². The van der Waals surface area contributed by atoms with Crippen LogP contribution in [0.15, 0.2) is 35.6 Å². The van der Waals surface area contributed by atoms with Crippen LogP contribution >= 0.6 is 23.1 Å². The Kier molecular flexibility index (Phi) is 4.24. The van der Waals surface area contributed by atoms with Crippen molar-refractivity contribution in [1.82, 2.24) is 9.97 Å². The zero-order valence-electron chi connectivity index (χ0n) is 13.2. The quantitative estimate of drug-likeness (QED) is 0.390. The summed E-state index contributed by atoms with van der Waals surface area (Å²) in [6, 6.07) is 7.34. The number of carbonyl (C=O) groups is 1. The number of Topliss-reactive ketones (excluding diaryl/α,β-unsaturated/α-hetero) is 1. The van der Waals surface area contributed by atoms with E-state index in [1.54, 1.807) is 30.8 Å². The molecule has 4 nitrogen and oxygen atoms in total. The van der Waals surface area contributed by atoms with Crippen molar-refractivity contribution in [3.8, 4) is 5.75 Å². The molecule has 2 heterocycles. The van der Waals surface area contributed by atoms with Crippen molar-refractivity contribution in [1.29, 1.82) is 0 Å². The largest absolute Gasteiger partial charge is 0.496 e. The van der Waals surface area contributed by atoms with E-state index in [9.17, 15) is 4.79 Å². The van der Waals surface area contributed by atoms with E-state index >= 15 is 0 Å². The molecule has 0 fully saturated rings. The highest BCUT2D eigenvalue weighted by Crippen LogP contribution is 2.40. The highest BCUT2D eigenvalue weighted by atomic mass is 32.2. The van der Waals surface area contributed by atoms with Gasteiger partial charge in [-0.3, -0.25) is 4.79 Å². The molecule has 0 amide bonds. The van der Waals surface area contributed by atoms with E-state index in [1.807, 2.05) is 18.2 Å². The second-order valence-corrected chi connectivity index (χ2v) is 7.68. The summed E-state index contributed by atoms with van der Waals surface area (Å²) in [4.78, 5) is 23.9. The second-order valence-electron chi connectivity index (χ2n) is 5.63. The van der Waals surface area contributed by atoms with Gasteiger partial charge < -0.3 is 4.74 Å². The number of benzene rings is 1. The number of ketones is 1. The van der Waals surface area contributed by atoms with Crippen LogP contribution < -0.4 is 4.74 Å². The number of thioether (sulfide) groups is 1. The summed E-state index contributed by atoms with van der Waals surface area (Å²) in [6.07, 6.45) is 5.04. The van der Waals surface area contributed by atoms with Gasteiger partial charge in [0.15, 0.2) is 5.78 Å². The van der Waals surface area contributed by atoms with Gasteiger partial charge in [-0.15, -0.1) is 11.3 Å². The first-order valence-electron chi connectivity index (χ1n) is 7.82. The Labute approximate surface area is 148 Å². The third-order valence-electron chi connectivity index (χ3n) is 4.21. The number of carbonyl (C=O) groups excluding carboxylic acids is 1. The molecule has 6 heteroatoms. The lowest BCUT2D eigenvalue weighted by molar-refractivity contribution is 0.101. The highest BCUT2D eigenvalue weighted by Gasteiger charge is 2.22. The molecule has 0 aliphatic heterocycles. The standard InChI is InChI=1S/C18H16N2O2S2/c1-22-14-7-3-2-5-11(14)13(21)9-23-17-16-12-6-4-8-15(12)24-18(16)20-10-19-17/h2-3,5,7,10H,4,6,8-9H2,1H3. The van der Waals surface area contributed by atoms with Crippen LogP contribution in [0.25, 0.3) is 10.2 Å². The van der Waals surface area contributed by atoms with Crippen molar-refractivity contribution in [3.05, 3.63) is 46.6 Å². The van der Waals surface area contributed by atoms with E-state index in [0.29, 0.717) is 17.1 Å². The van der Waals surface area contributed by atoms with Gasteiger partial charge in [-0.25, -0.2) is 9.97 Å². The normalized spacial score (nSPS) is 13.2. The molecular formula is C18H16N2O2S2. The number of hydrogen-bond donors (Lipinski definition) is 0. The minimum absolute atomic E-state index is 0.0519. The maximum absolute atomic E-state index is 12.6. The third kappa shape index (κ3) is 2.70. The van der Waals surface area contributed by atoms with Crippen LogP contribution in [0.4, 0.5) is 0 Å². The van der Waals surface area contributed by atoms with E-state index in [-0.39, 0.29) is 5.78 Å². The molecule has 0 spiro atoms. The fraction of sp³-hybridized carbons (Fsp3) is 0.278. The number of aromatic nitrogens is 2. The van der Waals surface area contributed by atoms with Crippen LogP contribution in [-0.2, 0) is 12.8 Å². The van der Waals surface area contributed by atoms with Crippen molar-refractivity contribution in [3.63, 3.8) is 0 Å². The van der Waals surface area contributed by atoms with Gasteiger partial charge in [0.1, 0.15) is 21.9 Å². The molecule has 0 radical (unpaired) electrons. The number of nitrogens with zero attached hydrogens (tertiary/aromatic N) is 2. The fourth-order valence-corrected chi connectivity index (χ4v) is 5.30. The Bertz CT molecular complexity index is 921. The summed E-state index contributed by atoms with van der Waals surface area (Å²) in [6.45, 7) is 0. The maximum Gasteiger partial charge on any atom is 0.176 e. The van der Waals surface area contributed by atoms with Gasteiger partial charge in [0, 0.05) is 10.3 Å². The number of methoxy groups -OCH3 is 1. The molecule has 2 aromatic heterocycles. The summed E-state index contributed by atoms with van der Waals surface area (Å²) in [7, 11) is 1.59. The summed E-state index contributed by atoms with van der Waals surface area (Å²) in [5.74, 6) is 1.01. The van der Waals surface area contributed by atoms with Crippen LogP contribution in [0.5, 0.6) is 5.75 Å². The third-order valence-corrected chi connectivity index (χ3v) is 6.40. The number of hydrogen-bond acceptors (Lipinski definition) is 6. The average molecular weight is 356 g/mol. The molecule has 1 aliphatic carbocycles. The van der Waals surface area contributed by atoms with Crippen molar-refractivity contribution in [2.75, 3.05) is 12.9 Å². The number of ether oxygens (including phenoxy) is 1. The first-order chi connectivity index (χ1) is 11.8. The molecule has 0 unspecified atom stereocenters. The lowest BCUT2D eigenvalue weighted by Gasteiger charge is -2.07. The predicted octanol–water partition coefficient (Wildman–Crippen LogP) is 4.16. The molecule has 1 aromatic carbocycles. The molecule has 3 aromatic rings. The van der Waals surface area contributed by atoms with Gasteiger partial charge in [-0.05, 0) is 37.0 Å². The fourth-order valence-electron chi connectivity index (χ4n) is 3.10. The second kappa shape index (κ2) is 6.53. The predicted molar refractivity (Wildman–Crippen MR) is 97.5 cm³/mol. The molecule has 0 N–H and O–H groups in total. The Morgan fingerprint density at radius 2 is 2.17 bits per heavy atom. The van der Waals surface area contributed by atoms with Crippen molar-refractivity contribution >= 4 is 39.1 Å². The minimum atomic E-state index is 0.0519. The highest BCUT2D eigenvalue weighted by molar-refractivity contribution is 8.00. The summed E-state index contributed by atoms with van der Waals surface area (Å²) < 4.78 is 5.28. The number of thiophene rings is 1. The van der Waals surface area contributed by atoms with E-state index in [0.717, 1.165) is 28.1 Å². The van der Waals surface area contributed by atoms with Crippen LogP contribution in [0, 0.1) is 0 Å². The van der Waals surface area contributed by atoms with Gasteiger partial charge in [0.05, 0.1) is 18.4 Å². The molecule has 0 saturated heterocycles. The first-order valence-corrected chi connectivity index (χ1v) is 9.62. The monoisotopic (exact) mass is 356 g/mol. The van der Waals surface area contributed by atoms with Crippen molar-refractivity contribution < 1.29 is 9.53 Å². The maximum atomic E-state index is 12.6. The Balaban J connectivity index is 1.60. The molecule has 0 atom stereocenters. The molecule has 24 heavy (non-hydrogen) atoms. The topological polar surface area (TPSA) is 52.1 Å². The van der Waals surface area contributed by atoms with E-state index in [2.05, 4.69) is 9.97 Å². The average Bonchev–Trinajstić information content (AvgIpc) is 3.20. The number of fused-ring (bicyclic) bond motifs is 3. The summed E-state index contributed by atoms with van der Waals surface area (Å²) >= 11 is 3.26. The molecule has 1 aliphatic rings. The smallest absolute Gasteiger partial charge is 0.176 e. The van der Waals surface area contributed by atoms with Crippen LogP contribution in [0.2, 0.25) is 0 Å². The minimum Gasteiger partial charge on any atom is -0.496 e. The van der Waals surface area contributed by atoms with Crippen LogP contribution in [0.1, 0.15) is 27.2 Å². The van der Waals surface area contributed by atoms with E-state index in [1.165, 1.54) is 28.6 Å². The summed E-state index contributed by atoms with van der Waals surface area (Å²) in [5.41, 5.74) is 2.01. The molecule has 4 rings (SSSR count). The number of aryl methyl sites for hydroxylation is 2.